The number of ether oxygens (including phenoxy) is 3. The van der Waals surface area contributed by atoms with Gasteiger partial charge in [-0.15, -0.1) is 0 Å². The second-order valence-corrected chi connectivity index (χ2v) is 6.52. The highest BCUT2D eigenvalue weighted by atomic mass is 19.1. The van der Waals surface area contributed by atoms with Gasteiger partial charge in [0, 0.05) is 11.5 Å². The van der Waals surface area contributed by atoms with E-state index in [1.54, 1.807) is 13.0 Å². The minimum absolute atomic E-state index is 0.198. The van der Waals surface area contributed by atoms with Crippen LogP contribution < -0.4 is 0 Å². The second kappa shape index (κ2) is 10.5. The highest BCUT2D eigenvalue weighted by Crippen LogP contribution is 2.29. The Balaban J connectivity index is 1.81. The Morgan fingerprint density at radius 2 is 1.88 bits per heavy atom. The van der Waals surface area contributed by atoms with Crippen LogP contribution in [0, 0.1) is 11.7 Å². The number of halogens is 1. The summed E-state index contributed by atoms with van der Waals surface area (Å²) in [6.07, 6.45) is 6.64. The summed E-state index contributed by atoms with van der Waals surface area (Å²) in [5, 5.41) is 0. The maximum atomic E-state index is 14.3. The molecule has 2 rings (SSSR count). The van der Waals surface area contributed by atoms with E-state index in [0.717, 1.165) is 6.42 Å². The molecule has 1 aromatic carbocycles. The van der Waals surface area contributed by atoms with Gasteiger partial charge in [-0.05, 0) is 25.5 Å². The normalized spacial score (nSPS) is 20.4. The fourth-order valence-electron chi connectivity index (χ4n) is 2.99. The van der Waals surface area contributed by atoms with Crippen molar-refractivity contribution in [3.63, 3.8) is 0 Å². The van der Waals surface area contributed by atoms with Crippen molar-refractivity contribution in [2.45, 2.75) is 58.7 Å². The van der Waals surface area contributed by atoms with Crippen LogP contribution in [0.4, 0.5) is 4.39 Å². The zero-order valence-corrected chi connectivity index (χ0v) is 15.3. The minimum Gasteiger partial charge on any atom is -0.462 e. The molecular formula is C20H29FO4. The van der Waals surface area contributed by atoms with Gasteiger partial charge in [-0.1, -0.05) is 45.1 Å². The molecule has 1 fully saturated rings. The van der Waals surface area contributed by atoms with Crippen molar-refractivity contribution in [1.29, 1.82) is 0 Å². The highest BCUT2D eigenvalue weighted by Gasteiger charge is 2.26. The molecule has 0 spiro atoms. The number of hydrogen-bond acceptors (Lipinski definition) is 4. The Kier molecular flexibility index (Phi) is 8.35. The molecule has 0 atom stereocenters. The van der Waals surface area contributed by atoms with Crippen molar-refractivity contribution in [1.82, 2.24) is 0 Å². The fourth-order valence-corrected chi connectivity index (χ4v) is 2.99. The van der Waals surface area contributed by atoms with Crippen molar-refractivity contribution in [3.8, 4) is 0 Å². The number of carbonyl (C=O) groups excluding carboxylic acids is 1. The van der Waals surface area contributed by atoms with Crippen molar-refractivity contribution in [2.75, 3.05) is 19.8 Å². The molecule has 1 saturated heterocycles. The molecule has 1 aliphatic heterocycles. The van der Waals surface area contributed by atoms with Gasteiger partial charge in [-0.25, -0.2) is 9.18 Å². The summed E-state index contributed by atoms with van der Waals surface area (Å²) in [5.41, 5.74) is 0.526. The standard InChI is InChI=1S/C20H29FO4/c1-3-5-6-7-8-9-15-13-24-20(25-14-15)17-11-10-16(12-18(17)21)19(22)23-4-2/h10-12,15,20H,3-9,13-14H2,1-2H3. The molecule has 0 saturated carbocycles. The van der Waals surface area contributed by atoms with Crippen molar-refractivity contribution >= 4 is 5.97 Å². The Bertz CT molecular complexity index is 538. The lowest BCUT2D eigenvalue weighted by molar-refractivity contribution is -0.207. The van der Waals surface area contributed by atoms with Gasteiger partial charge in [0.05, 0.1) is 25.4 Å². The van der Waals surface area contributed by atoms with Crippen LogP contribution >= 0.6 is 0 Å². The van der Waals surface area contributed by atoms with Gasteiger partial charge in [0.25, 0.3) is 0 Å². The number of benzene rings is 1. The van der Waals surface area contributed by atoms with Crippen LogP contribution in [-0.2, 0) is 14.2 Å². The Morgan fingerprint density at radius 1 is 1.16 bits per heavy atom. The third-order valence-corrected chi connectivity index (χ3v) is 4.45. The molecule has 1 aromatic rings. The topological polar surface area (TPSA) is 44.8 Å². The smallest absolute Gasteiger partial charge is 0.338 e. The molecular weight excluding hydrogens is 323 g/mol. The predicted molar refractivity (Wildman–Crippen MR) is 93.9 cm³/mol. The molecule has 0 bridgehead atoms. The first-order valence-electron chi connectivity index (χ1n) is 9.35. The molecule has 4 nitrogen and oxygen atoms in total. The van der Waals surface area contributed by atoms with Gasteiger partial charge >= 0.3 is 5.97 Å². The molecule has 0 radical (unpaired) electrons. The van der Waals surface area contributed by atoms with Gasteiger partial charge in [0.2, 0.25) is 0 Å². The van der Waals surface area contributed by atoms with Crippen LogP contribution in [0.2, 0.25) is 0 Å². The van der Waals surface area contributed by atoms with E-state index in [2.05, 4.69) is 6.92 Å². The first-order valence-corrected chi connectivity index (χ1v) is 9.35. The van der Waals surface area contributed by atoms with E-state index in [-0.39, 0.29) is 12.2 Å². The van der Waals surface area contributed by atoms with E-state index in [4.69, 9.17) is 14.2 Å². The van der Waals surface area contributed by atoms with E-state index in [1.165, 1.54) is 44.2 Å². The summed E-state index contributed by atoms with van der Waals surface area (Å²) >= 11 is 0. The second-order valence-electron chi connectivity index (χ2n) is 6.52. The SMILES string of the molecule is CCCCCCCC1COC(c2ccc(C(=O)OCC)cc2F)OC1. The lowest BCUT2D eigenvalue weighted by Crippen LogP contribution is -2.27. The van der Waals surface area contributed by atoms with Crippen molar-refractivity contribution < 1.29 is 23.4 Å². The molecule has 0 unspecified atom stereocenters. The van der Waals surface area contributed by atoms with E-state index in [0.29, 0.717) is 24.7 Å². The fraction of sp³-hybridized carbons (Fsp3) is 0.650. The monoisotopic (exact) mass is 352 g/mol. The molecule has 1 heterocycles. The zero-order chi connectivity index (χ0) is 18.1. The lowest BCUT2D eigenvalue weighted by atomic mass is 10.0. The zero-order valence-electron chi connectivity index (χ0n) is 15.3. The maximum absolute atomic E-state index is 14.3. The van der Waals surface area contributed by atoms with Gasteiger partial charge in [0.15, 0.2) is 6.29 Å². The number of rotatable bonds is 9. The lowest BCUT2D eigenvalue weighted by Gasteiger charge is -2.30. The van der Waals surface area contributed by atoms with E-state index in [1.807, 2.05) is 0 Å². The van der Waals surface area contributed by atoms with Gasteiger partial charge < -0.3 is 14.2 Å². The van der Waals surface area contributed by atoms with Crippen LogP contribution in [-0.4, -0.2) is 25.8 Å². The largest absolute Gasteiger partial charge is 0.462 e. The Morgan fingerprint density at radius 3 is 2.52 bits per heavy atom. The molecule has 1 aliphatic rings. The molecule has 0 aliphatic carbocycles. The summed E-state index contributed by atoms with van der Waals surface area (Å²) < 4.78 is 30.6. The van der Waals surface area contributed by atoms with Crippen LogP contribution in [0.1, 0.15) is 74.6 Å². The first-order chi connectivity index (χ1) is 12.2. The summed E-state index contributed by atoms with van der Waals surface area (Å²) in [6.45, 7) is 5.35. The first kappa shape index (κ1) is 19.9. The van der Waals surface area contributed by atoms with Gasteiger partial charge in [0.1, 0.15) is 5.82 Å². The van der Waals surface area contributed by atoms with E-state index in [9.17, 15) is 9.18 Å². The van der Waals surface area contributed by atoms with Gasteiger partial charge in [-0.2, -0.15) is 0 Å². The summed E-state index contributed by atoms with van der Waals surface area (Å²) in [6, 6.07) is 4.26. The third kappa shape index (κ3) is 6.08. The molecule has 0 aromatic heterocycles. The molecule has 0 N–H and O–H groups in total. The van der Waals surface area contributed by atoms with Crippen LogP contribution in [0.5, 0.6) is 0 Å². The molecule has 140 valence electrons. The molecule has 25 heavy (non-hydrogen) atoms. The van der Waals surface area contributed by atoms with E-state index >= 15 is 0 Å². The quantitative estimate of drug-likeness (QED) is 0.462. The number of hydrogen-bond donors (Lipinski definition) is 0. The van der Waals surface area contributed by atoms with Crippen molar-refractivity contribution in [2.24, 2.45) is 5.92 Å². The number of carbonyl (C=O) groups is 1. The van der Waals surface area contributed by atoms with Crippen LogP contribution in [0.25, 0.3) is 0 Å². The summed E-state index contributed by atoms with van der Waals surface area (Å²) in [4.78, 5) is 11.6. The number of unbranched alkanes of at least 4 members (excludes halogenated alkanes) is 4. The minimum atomic E-state index is -0.701. The Hall–Kier alpha value is -1.46. The number of esters is 1. The van der Waals surface area contributed by atoms with Crippen LogP contribution in [0.15, 0.2) is 18.2 Å². The average molecular weight is 352 g/mol. The molecule has 0 amide bonds. The Labute approximate surface area is 149 Å². The highest BCUT2D eigenvalue weighted by molar-refractivity contribution is 5.89. The average Bonchev–Trinajstić information content (AvgIpc) is 2.62. The summed E-state index contributed by atoms with van der Waals surface area (Å²) in [5.74, 6) is -0.658. The van der Waals surface area contributed by atoms with Crippen molar-refractivity contribution in [3.05, 3.63) is 35.1 Å². The molecule has 5 heteroatoms. The maximum Gasteiger partial charge on any atom is 0.338 e. The summed E-state index contributed by atoms with van der Waals surface area (Å²) in [7, 11) is 0. The van der Waals surface area contributed by atoms with Gasteiger partial charge in [-0.3, -0.25) is 0 Å². The van der Waals surface area contributed by atoms with E-state index < -0.39 is 18.1 Å². The third-order valence-electron chi connectivity index (χ3n) is 4.45. The predicted octanol–water partition coefficient (Wildman–Crippen LogP) is 5.02. The van der Waals surface area contributed by atoms with Crippen LogP contribution in [0.3, 0.4) is 0 Å².